The van der Waals surface area contributed by atoms with Crippen molar-refractivity contribution in [2.45, 2.75) is 32.0 Å². The van der Waals surface area contributed by atoms with Crippen LogP contribution in [0.4, 0.5) is 8.78 Å². The van der Waals surface area contributed by atoms with Crippen molar-refractivity contribution in [3.63, 3.8) is 0 Å². The minimum Gasteiger partial charge on any atom is -0.493 e. The molecule has 1 aromatic rings. The number of hydrogen-bond acceptors (Lipinski definition) is 3. The van der Waals surface area contributed by atoms with Crippen LogP contribution in [0.5, 0.6) is 11.5 Å². The van der Waals surface area contributed by atoms with Crippen molar-refractivity contribution in [2.75, 3.05) is 7.11 Å². The second-order valence-electron chi connectivity index (χ2n) is 4.42. The van der Waals surface area contributed by atoms with Crippen LogP contribution in [0.2, 0.25) is 0 Å². The zero-order chi connectivity index (χ0) is 13.1. The van der Waals surface area contributed by atoms with Gasteiger partial charge in [0.2, 0.25) is 0 Å². The molecule has 18 heavy (non-hydrogen) atoms. The first kappa shape index (κ1) is 13.1. The summed E-state index contributed by atoms with van der Waals surface area (Å²) in [7, 11) is 1.38. The molecule has 1 saturated carbocycles. The molecule has 0 bridgehead atoms. The number of halogens is 2. The standard InChI is InChI=1S/C13H16F2O3/c1-17-10-6-5-9(7-11(10)18-13(14)15)12(16)8-3-2-4-8/h5-8,12-13,16H,2-4H2,1H3. The predicted octanol–water partition coefficient (Wildman–Crippen LogP) is 3.13. The first-order valence-electron chi connectivity index (χ1n) is 5.92. The van der Waals surface area contributed by atoms with Gasteiger partial charge < -0.3 is 14.6 Å². The van der Waals surface area contributed by atoms with E-state index in [1.807, 2.05) is 0 Å². The van der Waals surface area contributed by atoms with E-state index >= 15 is 0 Å². The van der Waals surface area contributed by atoms with Crippen molar-refractivity contribution in [2.24, 2.45) is 5.92 Å². The Kier molecular flexibility index (Phi) is 4.01. The van der Waals surface area contributed by atoms with Crippen LogP contribution >= 0.6 is 0 Å². The summed E-state index contributed by atoms with van der Waals surface area (Å²) in [6.07, 6.45) is 2.43. The fourth-order valence-electron chi connectivity index (χ4n) is 2.09. The second-order valence-corrected chi connectivity index (χ2v) is 4.42. The summed E-state index contributed by atoms with van der Waals surface area (Å²) in [5.74, 6) is 0.418. The summed E-state index contributed by atoms with van der Waals surface area (Å²) < 4.78 is 33.9. The van der Waals surface area contributed by atoms with Crippen LogP contribution in [0.1, 0.15) is 30.9 Å². The summed E-state index contributed by atoms with van der Waals surface area (Å²) in [6, 6.07) is 4.64. The molecule has 0 aromatic heterocycles. The maximum Gasteiger partial charge on any atom is 0.387 e. The van der Waals surface area contributed by atoms with Gasteiger partial charge in [-0.3, -0.25) is 0 Å². The minimum atomic E-state index is -2.91. The lowest BCUT2D eigenvalue weighted by molar-refractivity contribution is -0.0514. The van der Waals surface area contributed by atoms with Crippen molar-refractivity contribution in [3.8, 4) is 11.5 Å². The molecule has 1 aromatic carbocycles. The Hall–Kier alpha value is -1.36. The highest BCUT2D eigenvalue weighted by Crippen LogP contribution is 2.40. The zero-order valence-electron chi connectivity index (χ0n) is 10.1. The highest BCUT2D eigenvalue weighted by atomic mass is 19.3. The van der Waals surface area contributed by atoms with Gasteiger partial charge in [-0.15, -0.1) is 0 Å². The Morgan fingerprint density at radius 2 is 2.00 bits per heavy atom. The summed E-state index contributed by atoms with van der Waals surface area (Å²) in [4.78, 5) is 0. The number of ether oxygens (including phenoxy) is 2. The Morgan fingerprint density at radius 3 is 2.50 bits per heavy atom. The average Bonchev–Trinajstić information content (AvgIpc) is 2.25. The normalized spacial score (nSPS) is 17.4. The first-order chi connectivity index (χ1) is 8.61. The number of hydrogen-bond donors (Lipinski definition) is 1. The number of rotatable bonds is 5. The van der Waals surface area contributed by atoms with Gasteiger partial charge in [0.25, 0.3) is 0 Å². The molecule has 1 aliphatic carbocycles. The highest BCUT2D eigenvalue weighted by Gasteiger charge is 2.27. The molecule has 100 valence electrons. The topological polar surface area (TPSA) is 38.7 Å². The Morgan fingerprint density at radius 1 is 1.28 bits per heavy atom. The molecule has 0 saturated heterocycles. The Labute approximate surface area is 104 Å². The monoisotopic (exact) mass is 258 g/mol. The third kappa shape index (κ3) is 2.72. The maximum atomic E-state index is 12.3. The third-order valence-electron chi connectivity index (χ3n) is 3.34. The van der Waals surface area contributed by atoms with Crippen LogP contribution in [0.3, 0.4) is 0 Å². The predicted molar refractivity (Wildman–Crippen MR) is 61.9 cm³/mol. The van der Waals surface area contributed by atoms with E-state index in [0.29, 0.717) is 5.56 Å². The molecule has 0 aliphatic heterocycles. The van der Waals surface area contributed by atoms with Crippen LogP contribution in [-0.2, 0) is 0 Å². The number of alkyl halides is 2. The van der Waals surface area contributed by atoms with Crippen molar-refractivity contribution < 1.29 is 23.4 Å². The Balaban J connectivity index is 2.20. The van der Waals surface area contributed by atoms with Gasteiger partial charge in [0.05, 0.1) is 13.2 Å². The van der Waals surface area contributed by atoms with E-state index in [-0.39, 0.29) is 17.4 Å². The van der Waals surface area contributed by atoms with Gasteiger partial charge in [-0.05, 0) is 36.5 Å². The molecule has 1 atom stereocenters. The van der Waals surface area contributed by atoms with Gasteiger partial charge in [-0.1, -0.05) is 12.5 Å². The lowest BCUT2D eigenvalue weighted by Gasteiger charge is -2.30. The van der Waals surface area contributed by atoms with Gasteiger partial charge in [0.1, 0.15) is 0 Å². The summed E-state index contributed by atoms with van der Waals surface area (Å²) >= 11 is 0. The smallest absolute Gasteiger partial charge is 0.387 e. The van der Waals surface area contributed by atoms with E-state index in [1.165, 1.54) is 19.2 Å². The lowest BCUT2D eigenvalue weighted by atomic mass is 9.79. The number of aliphatic hydroxyl groups excluding tert-OH is 1. The number of benzene rings is 1. The molecule has 0 heterocycles. The van der Waals surface area contributed by atoms with E-state index in [4.69, 9.17) is 4.74 Å². The van der Waals surface area contributed by atoms with Crippen LogP contribution in [0.25, 0.3) is 0 Å². The second kappa shape index (κ2) is 5.52. The van der Waals surface area contributed by atoms with E-state index in [2.05, 4.69) is 4.74 Å². The van der Waals surface area contributed by atoms with Gasteiger partial charge >= 0.3 is 6.61 Å². The molecule has 1 N–H and O–H groups in total. The Bertz CT molecular complexity index is 405. The molecule has 5 heteroatoms. The van der Waals surface area contributed by atoms with Crippen LogP contribution in [-0.4, -0.2) is 18.8 Å². The van der Waals surface area contributed by atoms with E-state index in [1.54, 1.807) is 6.07 Å². The molecular weight excluding hydrogens is 242 g/mol. The molecular formula is C13H16F2O3. The number of aliphatic hydroxyl groups is 1. The van der Waals surface area contributed by atoms with E-state index in [9.17, 15) is 13.9 Å². The van der Waals surface area contributed by atoms with Crippen LogP contribution in [0, 0.1) is 5.92 Å². The molecule has 1 unspecified atom stereocenters. The molecule has 0 spiro atoms. The van der Waals surface area contributed by atoms with Gasteiger partial charge in [-0.2, -0.15) is 8.78 Å². The average molecular weight is 258 g/mol. The van der Waals surface area contributed by atoms with Crippen LogP contribution < -0.4 is 9.47 Å². The van der Waals surface area contributed by atoms with Crippen molar-refractivity contribution in [3.05, 3.63) is 23.8 Å². The lowest BCUT2D eigenvalue weighted by Crippen LogP contribution is -2.20. The fraction of sp³-hybridized carbons (Fsp3) is 0.538. The maximum absolute atomic E-state index is 12.3. The quantitative estimate of drug-likeness (QED) is 0.881. The SMILES string of the molecule is COc1ccc(C(O)C2CCC2)cc1OC(F)F. The molecule has 1 fully saturated rings. The first-order valence-corrected chi connectivity index (χ1v) is 5.92. The third-order valence-corrected chi connectivity index (χ3v) is 3.34. The summed E-state index contributed by atoms with van der Waals surface area (Å²) in [6.45, 7) is -2.91. The molecule has 2 rings (SSSR count). The molecule has 0 amide bonds. The van der Waals surface area contributed by atoms with Crippen molar-refractivity contribution in [1.82, 2.24) is 0 Å². The van der Waals surface area contributed by atoms with E-state index < -0.39 is 12.7 Å². The molecule has 0 radical (unpaired) electrons. The van der Waals surface area contributed by atoms with E-state index in [0.717, 1.165) is 19.3 Å². The van der Waals surface area contributed by atoms with Crippen molar-refractivity contribution >= 4 is 0 Å². The zero-order valence-corrected chi connectivity index (χ0v) is 10.1. The van der Waals surface area contributed by atoms with Crippen LogP contribution in [0.15, 0.2) is 18.2 Å². The summed E-state index contributed by atoms with van der Waals surface area (Å²) in [5, 5.41) is 10.1. The molecule has 3 nitrogen and oxygen atoms in total. The van der Waals surface area contributed by atoms with Gasteiger partial charge in [0, 0.05) is 0 Å². The fourth-order valence-corrected chi connectivity index (χ4v) is 2.09. The minimum absolute atomic E-state index is 0.0385. The molecule has 1 aliphatic rings. The van der Waals surface area contributed by atoms with Gasteiger partial charge in [0.15, 0.2) is 11.5 Å². The number of methoxy groups -OCH3 is 1. The van der Waals surface area contributed by atoms with Gasteiger partial charge in [-0.25, -0.2) is 0 Å². The van der Waals surface area contributed by atoms with Crippen molar-refractivity contribution in [1.29, 1.82) is 0 Å². The largest absolute Gasteiger partial charge is 0.493 e. The summed E-state index contributed by atoms with van der Waals surface area (Å²) in [5.41, 5.74) is 0.594. The highest BCUT2D eigenvalue weighted by molar-refractivity contribution is 5.43.